The Balaban J connectivity index is 3.06. The number of hydrogen-bond acceptors (Lipinski definition) is 2. The summed E-state index contributed by atoms with van der Waals surface area (Å²) in [5.74, 6) is 0. The second kappa shape index (κ2) is 4.21. The Kier molecular flexibility index (Phi) is 3.47. The molecule has 1 rings (SSSR count). The van der Waals surface area contributed by atoms with Gasteiger partial charge in [-0.3, -0.25) is 0 Å². The van der Waals surface area contributed by atoms with Gasteiger partial charge < -0.3 is 0 Å². The van der Waals surface area contributed by atoms with Gasteiger partial charge in [-0.15, -0.1) is 0 Å². The topological polar surface area (TPSA) is 46.2 Å². The van der Waals surface area contributed by atoms with Crippen LogP contribution in [0.1, 0.15) is 5.56 Å². The van der Waals surface area contributed by atoms with Crippen molar-refractivity contribution in [2.24, 2.45) is 0 Å². The minimum Gasteiger partial charge on any atom is -0.214 e. The minimum absolute atomic E-state index is 0.291. The van der Waals surface area contributed by atoms with Crippen LogP contribution in [0.3, 0.4) is 0 Å². The van der Waals surface area contributed by atoms with Gasteiger partial charge in [0.15, 0.2) is 0 Å². The van der Waals surface area contributed by atoms with Crippen LogP contribution in [0, 0.1) is 0 Å². The Bertz CT molecular complexity index is 372. The molecular weight excluding hydrogens is 254 g/mol. The third-order valence-electron chi connectivity index (χ3n) is 1.66. The van der Waals surface area contributed by atoms with E-state index in [1.165, 1.54) is 7.05 Å². The fourth-order valence-electron chi connectivity index (χ4n) is 0.876. The summed E-state index contributed by atoms with van der Waals surface area (Å²) in [5, 5.41) is 0.729. The van der Waals surface area contributed by atoms with E-state index >= 15 is 0 Å². The van der Waals surface area contributed by atoms with Gasteiger partial charge in [0.2, 0.25) is 10.0 Å². The van der Waals surface area contributed by atoms with E-state index in [4.69, 9.17) is 0 Å². The summed E-state index contributed by atoms with van der Waals surface area (Å²) in [6, 6.07) is 6.72. The summed E-state index contributed by atoms with van der Waals surface area (Å²) in [6.45, 7) is 0. The maximum absolute atomic E-state index is 11.3. The number of benzene rings is 1. The molecule has 0 unspecified atom stereocenters. The van der Waals surface area contributed by atoms with Crippen molar-refractivity contribution < 1.29 is 8.42 Å². The maximum Gasteiger partial charge on any atom is 0.240 e. The highest BCUT2D eigenvalue weighted by molar-refractivity contribution is 9.08. The van der Waals surface area contributed by atoms with E-state index in [0.29, 0.717) is 4.90 Å². The van der Waals surface area contributed by atoms with Gasteiger partial charge in [0.05, 0.1) is 4.90 Å². The summed E-state index contributed by atoms with van der Waals surface area (Å²) in [7, 11) is -1.89. The van der Waals surface area contributed by atoms with Gasteiger partial charge in [0.1, 0.15) is 0 Å². The predicted octanol–water partition coefficient (Wildman–Crippen LogP) is 1.49. The normalized spacial score (nSPS) is 11.5. The van der Waals surface area contributed by atoms with Crippen LogP contribution in [0.2, 0.25) is 0 Å². The molecule has 0 fully saturated rings. The molecule has 13 heavy (non-hydrogen) atoms. The first-order chi connectivity index (χ1) is 6.10. The molecule has 1 N–H and O–H groups in total. The van der Waals surface area contributed by atoms with Crippen molar-refractivity contribution in [1.29, 1.82) is 0 Å². The molecule has 0 spiro atoms. The molecule has 0 atom stereocenters. The molecule has 3 nitrogen and oxygen atoms in total. The van der Waals surface area contributed by atoms with Crippen LogP contribution in [0.25, 0.3) is 0 Å². The monoisotopic (exact) mass is 263 g/mol. The number of halogens is 1. The second-order valence-corrected chi connectivity index (χ2v) is 4.93. The highest BCUT2D eigenvalue weighted by Gasteiger charge is 2.09. The van der Waals surface area contributed by atoms with Crippen LogP contribution in [0.4, 0.5) is 0 Å². The van der Waals surface area contributed by atoms with Gasteiger partial charge in [0, 0.05) is 5.33 Å². The molecular formula is C8H10BrNO2S. The molecule has 0 bridgehead atoms. The van der Waals surface area contributed by atoms with Gasteiger partial charge in [-0.05, 0) is 24.7 Å². The zero-order valence-electron chi connectivity index (χ0n) is 7.12. The highest BCUT2D eigenvalue weighted by atomic mass is 79.9. The van der Waals surface area contributed by atoms with E-state index in [0.717, 1.165) is 10.9 Å². The van der Waals surface area contributed by atoms with Crippen molar-refractivity contribution in [2.45, 2.75) is 10.2 Å². The van der Waals surface area contributed by atoms with Crippen LogP contribution in [0.5, 0.6) is 0 Å². The smallest absolute Gasteiger partial charge is 0.214 e. The molecule has 0 saturated heterocycles. The molecule has 0 aliphatic heterocycles. The Morgan fingerprint density at radius 2 is 1.85 bits per heavy atom. The average molecular weight is 264 g/mol. The van der Waals surface area contributed by atoms with Gasteiger partial charge in [-0.2, -0.15) is 0 Å². The van der Waals surface area contributed by atoms with Crippen LogP contribution < -0.4 is 4.72 Å². The van der Waals surface area contributed by atoms with Gasteiger partial charge >= 0.3 is 0 Å². The lowest BCUT2D eigenvalue weighted by atomic mass is 10.2. The van der Waals surface area contributed by atoms with Crippen molar-refractivity contribution in [3.05, 3.63) is 29.8 Å². The largest absolute Gasteiger partial charge is 0.240 e. The molecule has 1 aromatic rings. The van der Waals surface area contributed by atoms with Gasteiger partial charge in [-0.1, -0.05) is 28.1 Å². The summed E-state index contributed by atoms with van der Waals surface area (Å²) < 4.78 is 24.8. The number of alkyl halides is 1. The second-order valence-electron chi connectivity index (χ2n) is 2.49. The van der Waals surface area contributed by atoms with E-state index in [-0.39, 0.29) is 0 Å². The Labute approximate surface area is 86.3 Å². The molecule has 0 amide bonds. The quantitative estimate of drug-likeness (QED) is 0.841. The first-order valence-electron chi connectivity index (χ1n) is 3.68. The molecule has 0 aliphatic rings. The minimum atomic E-state index is -3.29. The van der Waals surface area contributed by atoms with Crippen molar-refractivity contribution in [3.8, 4) is 0 Å². The Morgan fingerprint density at radius 1 is 1.31 bits per heavy atom. The summed E-state index contributed by atoms with van der Waals surface area (Å²) in [4.78, 5) is 0.291. The lowest BCUT2D eigenvalue weighted by Gasteiger charge is -2.02. The molecule has 0 radical (unpaired) electrons. The van der Waals surface area contributed by atoms with Gasteiger partial charge in [-0.25, -0.2) is 13.1 Å². The third-order valence-corrected chi connectivity index (χ3v) is 3.73. The van der Waals surface area contributed by atoms with E-state index < -0.39 is 10.0 Å². The Morgan fingerprint density at radius 3 is 2.23 bits per heavy atom. The van der Waals surface area contributed by atoms with Crippen molar-refractivity contribution >= 4 is 26.0 Å². The zero-order chi connectivity index (χ0) is 9.90. The molecule has 5 heteroatoms. The molecule has 0 aromatic heterocycles. The summed E-state index contributed by atoms with van der Waals surface area (Å²) in [6.07, 6.45) is 0. The lowest BCUT2D eigenvalue weighted by Crippen LogP contribution is -2.18. The molecule has 72 valence electrons. The summed E-state index contributed by atoms with van der Waals surface area (Å²) >= 11 is 3.28. The zero-order valence-corrected chi connectivity index (χ0v) is 9.52. The van der Waals surface area contributed by atoms with Crippen LogP contribution in [0.15, 0.2) is 29.2 Å². The lowest BCUT2D eigenvalue weighted by molar-refractivity contribution is 0.588. The maximum atomic E-state index is 11.3. The molecule has 0 heterocycles. The first kappa shape index (κ1) is 10.7. The highest BCUT2D eigenvalue weighted by Crippen LogP contribution is 2.11. The van der Waals surface area contributed by atoms with E-state index in [9.17, 15) is 8.42 Å². The molecule has 0 aliphatic carbocycles. The van der Waals surface area contributed by atoms with E-state index in [2.05, 4.69) is 20.7 Å². The van der Waals surface area contributed by atoms with Crippen molar-refractivity contribution in [1.82, 2.24) is 4.72 Å². The number of rotatable bonds is 3. The van der Waals surface area contributed by atoms with E-state index in [1.807, 2.05) is 0 Å². The van der Waals surface area contributed by atoms with E-state index in [1.54, 1.807) is 24.3 Å². The number of nitrogens with one attached hydrogen (secondary N) is 1. The fraction of sp³-hybridized carbons (Fsp3) is 0.250. The standard InChI is InChI=1S/C8H10BrNO2S/c1-10-13(11,12)8-4-2-7(6-9)3-5-8/h2-5,10H,6H2,1H3. The SMILES string of the molecule is CNS(=O)(=O)c1ccc(CBr)cc1. The summed E-state index contributed by atoms with van der Waals surface area (Å²) in [5.41, 5.74) is 1.05. The van der Waals surface area contributed by atoms with Gasteiger partial charge in [0.25, 0.3) is 0 Å². The van der Waals surface area contributed by atoms with Crippen molar-refractivity contribution in [2.75, 3.05) is 7.05 Å². The number of hydrogen-bond donors (Lipinski definition) is 1. The fourth-order valence-corrected chi connectivity index (χ4v) is 1.98. The third kappa shape index (κ3) is 2.52. The number of sulfonamides is 1. The van der Waals surface area contributed by atoms with Crippen molar-refractivity contribution in [3.63, 3.8) is 0 Å². The van der Waals surface area contributed by atoms with Crippen LogP contribution in [-0.4, -0.2) is 15.5 Å². The molecule has 1 aromatic carbocycles. The average Bonchev–Trinajstić information content (AvgIpc) is 2.18. The first-order valence-corrected chi connectivity index (χ1v) is 6.29. The van der Waals surface area contributed by atoms with Crippen LogP contribution >= 0.6 is 15.9 Å². The predicted molar refractivity (Wildman–Crippen MR) is 55.3 cm³/mol. The van der Waals surface area contributed by atoms with Crippen LogP contribution in [-0.2, 0) is 15.4 Å². The molecule has 0 saturated carbocycles. The Hall–Kier alpha value is -0.390.